The highest BCUT2D eigenvalue weighted by Crippen LogP contribution is 2.36. The molecule has 1 unspecified atom stereocenters. The molecular weight excluding hydrogens is 400 g/mol. The molecule has 0 aromatic heterocycles. The first-order chi connectivity index (χ1) is 14.4. The van der Waals surface area contributed by atoms with Gasteiger partial charge < -0.3 is 10.6 Å². The highest BCUT2D eigenvalue weighted by Gasteiger charge is 2.37. The number of rotatable bonds is 5. The maximum absolute atomic E-state index is 13.6. The van der Waals surface area contributed by atoms with Crippen molar-refractivity contribution in [3.8, 4) is 0 Å². The van der Waals surface area contributed by atoms with Gasteiger partial charge in [-0.1, -0.05) is 43.3 Å². The van der Waals surface area contributed by atoms with E-state index in [2.05, 4.69) is 4.99 Å². The average molecular weight is 427 g/mol. The Morgan fingerprint density at radius 2 is 1.93 bits per heavy atom. The van der Waals surface area contributed by atoms with E-state index < -0.39 is 10.0 Å². The van der Waals surface area contributed by atoms with E-state index in [0.29, 0.717) is 30.6 Å². The van der Waals surface area contributed by atoms with Crippen LogP contribution in [0.2, 0.25) is 0 Å². The molecule has 8 heteroatoms. The summed E-state index contributed by atoms with van der Waals surface area (Å²) in [6.45, 7) is 2.74. The minimum absolute atomic E-state index is 0.00354. The van der Waals surface area contributed by atoms with Crippen molar-refractivity contribution in [2.45, 2.75) is 43.5 Å². The number of carbonyl (C=O) groups is 1. The van der Waals surface area contributed by atoms with Gasteiger partial charge in [0.2, 0.25) is 11.9 Å². The van der Waals surface area contributed by atoms with Gasteiger partial charge in [-0.05, 0) is 42.5 Å². The zero-order valence-corrected chi connectivity index (χ0v) is 17.8. The Kier molecular flexibility index (Phi) is 5.51. The van der Waals surface area contributed by atoms with Crippen molar-refractivity contribution in [3.63, 3.8) is 0 Å². The molecule has 0 bridgehead atoms. The second-order valence-electron chi connectivity index (χ2n) is 7.60. The lowest BCUT2D eigenvalue weighted by Gasteiger charge is -2.31. The predicted octanol–water partition coefficient (Wildman–Crippen LogP) is 2.83. The van der Waals surface area contributed by atoms with Crippen LogP contribution in [0.5, 0.6) is 0 Å². The minimum atomic E-state index is -3.89. The molecule has 30 heavy (non-hydrogen) atoms. The number of amides is 1. The number of hydrogen-bond acceptors (Lipinski definition) is 5. The summed E-state index contributed by atoms with van der Waals surface area (Å²) in [5, 5.41) is 0. The first kappa shape index (κ1) is 20.4. The molecule has 4 rings (SSSR count). The molecule has 2 aromatic carbocycles. The van der Waals surface area contributed by atoms with Crippen LogP contribution in [0.4, 0.5) is 5.69 Å². The number of sulfonamides is 1. The largest absolute Gasteiger partial charge is 0.369 e. The lowest BCUT2D eigenvalue weighted by Crippen LogP contribution is -2.40. The summed E-state index contributed by atoms with van der Waals surface area (Å²) in [6.07, 6.45) is 2.53. The van der Waals surface area contributed by atoms with Crippen LogP contribution < -0.4 is 10.6 Å². The lowest BCUT2D eigenvalue weighted by molar-refractivity contribution is -0.118. The normalized spacial score (nSPS) is 18.8. The molecule has 2 aliphatic rings. The maximum atomic E-state index is 13.6. The number of carbonyl (C=O) groups excluding carboxylic acids is 1. The summed E-state index contributed by atoms with van der Waals surface area (Å²) in [7, 11) is -3.89. The number of aliphatic imine (C=N–C) groups is 1. The van der Waals surface area contributed by atoms with Crippen LogP contribution in [-0.2, 0) is 21.2 Å². The molecule has 0 spiro atoms. The van der Waals surface area contributed by atoms with Crippen LogP contribution >= 0.6 is 0 Å². The highest BCUT2D eigenvalue weighted by atomic mass is 32.2. The number of hydrogen-bond donors (Lipinski definition) is 1. The molecule has 7 nitrogen and oxygen atoms in total. The summed E-state index contributed by atoms with van der Waals surface area (Å²) in [6, 6.07) is 14.3. The fraction of sp³-hybridized carbons (Fsp3) is 0.364. The number of nitrogens with two attached hydrogens (primary N) is 1. The molecule has 2 aromatic rings. The number of anilines is 1. The molecule has 0 aliphatic carbocycles. The van der Waals surface area contributed by atoms with Crippen molar-refractivity contribution < 1.29 is 13.2 Å². The summed E-state index contributed by atoms with van der Waals surface area (Å²) in [5.41, 5.74) is 8.35. The molecule has 1 amide bonds. The third kappa shape index (κ3) is 3.56. The molecule has 1 atom stereocenters. The quantitative estimate of drug-likeness (QED) is 0.795. The van der Waals surface area contributed by atoms with E-state index in [1.54, 1.807) is 17.0 Å². The molecular formula is C22H26N4O3S. The van der Waals surface area contributed by atoms with Gasteiger partial charge in [0.25, 0.3) is 10.0 Å². The number of fused-ring (bicyclic) bond motifs is 1. The fourth-order valence-corrected chi connectivity index (χ4v) is 5.79. The van der Waals surface area contributed by atoms with Gasteiger partial charge in [-0.2, -0.15) is 0 Å². The van der Waals surface area contributed by atoms with E-state index in [0.717, 1.165) is 18.4 Å². The van der Waals surface area contributed by atoms with Crippen LogP contribution in [0.15, 0.2) is 58.4 Å². The Bertz CT molecular complexity index is 1080. The standard InChI is InChI=1S/C22H26N4O3S/c1-2-8-21(27)25-14-7-11-17-19(25)12-6-13-20(17)30(28,29)26-15-18(24-22(26)23)16-9-4-3-5-10-16/h3-6,9-10,12-13,18H,2,7-8,11,14-15H2,1H3,(H2,23,24). The SMILES string of the molecule is CCCC(=O)N1CCCc2c1cccc2S(=O)(=O)N1CC(c2ccccc2)N=C1N. The highest BCUT2D eigenvalue weighted by molar-refractivity contribution is 7.89. The molecule has 0 fully saturated rings. The van der Waals surface area contributed by atoms with E-state index in [4.69, 9.17) is 5.73 Å². The minimum Gasteiger partial charge on any atom is -0.369 e. The van der Waals surface area contributed by atoms with Gasteiger partial charge >= 0.3 is 0 Å². The molecule has 0 radical (unpaired) electrons. The summed E-state index contributed by atoms with van der Waals surface area (Å²) in [4.78, 5) is 18.9. The van der Waals surface area contributed by atoms with E-state index in [9.17, 15) is 13.2 Å². The smallest absolute Gasteiger partial charge is 0.267 e. The van der Waals surface area contributed by atoms with E-state index >= 15 is 0 Å². The monoisotopic (exact) mass is 426 g/mol. The number of benzene rings is 2. The van der Waals surface area contributed by atoms with E-state index in [-0.39, 0.29) is 29.3 Å². The van der Waals surface area contributed by atoms with Gasteiger partial charge in [-0.15, -0.1) is 0 Å². The third-order valence-corrected chi connectivity index (χ3v) is 7.46. The van der Waals surface area contributed by atoms with Crippen molar-refractivity contribution in [2.75, 3.05) is 18.0 Å². The molecule has 2 aliphatic heterocycles. The summed E-state index contributed by atoms with van der Waals surface area (Å²) < 4.78 is 28.3. The maximum Gasteiger partial charge on any atom is 0.267 e. The zero-order chi connectivity index (χ0) is 21.3. The van der Waals surface area contributed by atoms with Gasteiger partial charge in [0.05, 0.1) is 17.5 Å². The summed E-state index contributed by atoms with van der Waals surface area (Å²) in [5.74, 6) is 0.0237. The second kappa shape index (κ2) is 8.10. The summed E-state index contributed by atoms with van der Waals surface area (Å²) >= 11 is 0. The average Bonchev–Trinajstić information content (AvgIpc) is 3.16. The molecule has 158 valence electrons. The molecule has 0 saturated heterocycles. The van der Waals surface area contributed by atoms with Crippen LogP contribution in [0.25, 0.3) is 0 Å². The molecule has 0 saturated carbocycles. The zero-order valence-electron chi connectivity index (χ0n) is 17.0. The van der Waals surface area contributed by atoms with Crippen LogP contribution in [0.1, 0.15) is 43.4 Å². The third-order valence-electron chi connectivity index (χ3n) is 5.61. The lowest BCUT2D eigenvalue weighted by atomic mass is 10.0. The van der Waals surface area contributed by atoms with Gasteiger partial charge in [-0.25, -0.2) is 17.7 Å². The Morgan fingerprint density at radius 1 is 1.17 bits per heavy atom. The van der Waals surface area contributed by atoms with Crippen molar-refractivity contribution >= 4 is 27.6 Å². The first-order valence-electron chi connectivity index (χ1n) is 10.3. The Hall–Kier alpha value is -2.87. The Balaban J connectivity index is 1.68. The van der Waals surface area contributed by atoms with Crippen molar-refractivity contribution in [1.82, 2.24) is 4.31 Å². The predicted molar refractivity (Wildman–Crippen MR) is 117 cm³/mol. The molecule has 2 N–H and O–H groups in total. The van der Waals surface area contributed by atoms with Crippen LogP contribution in [0.3, 0.4) is 0 Å². The van der Waals surface area contributed by atoms with Gasteiger partial charge in [0.1, 0.15) is 0 Å². The van der Waals surface area contributed by atoms with Gasteiger partial charge in [-0.3, -0.25) is 4.79 Å². The van der Waals surface area contributed by atoms with Gasteiger partial charge in [0.15, 0.2) is 0 Å². The topological polar surface area (TPSA) is 96.1 Å². The number of nitrogens with zero attached hydrogens (tertiary/aromatic N) is 3. The van der Waals surface area contributed by atoms with Crippen molar-refractivity contribution in [1.29, 1.82) is 0 Å². The molecule has 2 heterocycles. The van der Waals surface area contributed by atoms with Gasteiger partial charge in [0, 0.05) is 18.7 Å². The number of guanidine groups is 1. The van der Waals surface area contributed by atoms with Crippen LogP contribution in [-0.4, -0.2) is 37.7 Å². The Labute approximate surface area is 177 Å². The Morgan fingerprint density at radius 3 is 2.67 bits per heavy atom. The van der Waals surface area contributed by atoms with Crippen molar-refractivity contribution in [2.24, 2.45) is 10.7 Å². The van der Waals surface area contributed by atoms with Crippen LogP contribution in [0, 0.1) is 0 Å². The second-order valence-corrected chi connectivity index (χ2v) is 9.43. The van der Waals surface area contributed by atoms with E-state index in [1.165, 1.54) is 4.31 Å². The van der Waals surface area contributed by atoms with E-state index in [1.807, 2.05) is 43.3 Å². The fourth-order valence-electron chi connectivity index (χ4n) is 4.15. The first-order valence-corrected chi connectivity index (χ1v) is 11.7. The van der Waals surface area contributed by atoms with Crippen molar-refractivity contribution in [3.05, 3.63) is 59.7 Å².